The second-order valence-electron chi connectivity index (χ2n) is 5.96. The summed E-state index contributed by atoms with van der Waals surface area (Å²) in [5.74, 6) is 0. The van der Waals surface area contributed by atoms with Crippen molar-refractivity contribution in [2.24, 2.45) is 0 Å². The molecule has 1 heterocycles. The molecule has 0 aromatic carbocycles. The SMILES string of the molecule is CCCCCCCCCCC[C@@H]1CC[C@H](C)N1. The third kappa shape index (κ3) is 7.81. The summed E-state index contributed by atoms with van der Waals surface area (Å²) in [5, 5.41) is 3.68. The lowest BCUT2D eigenvalue weighted by molar-refractivity contribution is 0.484. The van der Waals surface area contributed by atoms with Crippen LogP contribution in [0.15, 0.2) is 0 Å². The molecule has 0 aliphatic carbocycles. The first kappa shape index (κ1) is 15.0. The summed E-state index contributed by atoms with van der Waals surface area (Å²) in [6, 6.07) is 1.62. The predicted molar refractivity (Wildman–Crippen MR) is 77.5 cm³/mol. The average molecular weight is 239 g/mol. The van der Waals surface area contributed by atoms with Crippen LogP contribution in [0.2, 0.25) is 0 Å². The first-order valence-electron chi connectivity index (χ1n) is 8.09. The molecule has 1 heteroatoms. The summed E-state index contributed by atoms with van der Waals surface area (Å²) in [5.41, 5.74) is 0. The number of hydrogen-bond acceptors (Lipinski definition) is 1. The van der Waals surface area contributed by atoms with Crippen LogP contribution in [0.5, 0.6) is 0 Å². The lowest BCUT2D eigenvalue weighted by Gasteiger charge is -2.11. The quantitative estimate of drug-likeness (QED) is 0.526. The molecule has 0 amide bonds. The minimum atomic E-state index is 0.776. The van der Waals surface area contributed by atoms with Gasteiger partial charge >= 0.3 is 0 Å². The molecule has 1 N–H and O–H groups in total. The fourth-order valence-corrected chi connectivity index (χ4v) is 2.95. The van der Waals surface area contributed by atoms with E-state index in [0.717, 1.165) is 12.1 Å². The van der Waals surface area contributed by atoms with Crippen molar-refractivity contribution in [2.45, 2.75) is 103 Å². The molecule has 102 valence electrons. The van der Waals surface area contributed by atoms with E-state index in [0.29, 0.717) is 0 Å². The van der Waals surface area contributed by atoms with Crippen LogP contribution in [-0.4, -0.2) is 12.1 Å². The van der Waals surface area contributed by atoms with Crippen LogP contribution in [0.3, 0.4) is 0 Å². The molecular formula is C16H33N. The van der Waals surface area contributed by atoms with Crippen molar-refractivity contribution in [1.82, 2.24) is 5.32 Å². The third-order valence-corrected chi connectivity index (χ3v) is 4.12. The van der Waals surface area contributed by atoms with Gasteiger partial charge < -0.3 is 5.32 Å². The van der Waals surface area contributed by atoms with E-state index in [1.165, 1.54) is 77.0 Å². The molecule has 0 aromatic rings. The Morgan fingerprint density at radius 2 is 1.41 bits per heavy atom. The fourth-order valence-electron chi connectivity index (χ4n) is 2.95. The molecule has 1 fully saturated rings. The van der Waals surface area contributed by atoms with Crippen molar-refractivity contribution in [2.75, 3.05) is 0 Å². The van der Waals surface area contributed by atoms with Gasteiger partial charge in [-0.2, -0.15) is 0 Å². The van der Waals surface area contributed by atoms with Gasteiger partial charge in [0.2, 0.25) is 0 Å². The molecule has 1 aliphatic heterocycles. The molecule has 0 unspecified atom stereocenters. The first-order valence-corrected chi connectivity index (χ1v) is 8.09. The molecule has 0 aromatic heterocycles. The zero-order chi connectivity index (χ0) is 12.3. The van der Waals surface area contributed by atoms with Crippen LogP contribution < -0.4 is 5.32 Å². The molecule has 0 saturated carbocycles. The molecular weight excluding hydrogens is 206 g/mol. The summed E-state index contributed by atoms with van der Waals surface area (Å²) >= 11 is 0. The standard InChI is InChI=1S/C16H33N/c1-3-4-5-6-7-8-9-10-11-12-16-14-13-15(2)17-16/h15-17H,3-14H2,1-2H3/t15-,16+/m0/s1. The Balaban J connectivity index is 1.75. The molecule has 0 spiro atoms. The van der Waals surface area contributed by atoms with Crippen molar-refractivity contribution in [1.29, 1.82) is 0 Å². The summed E-state index contributed by atoms with van der Waals surface area (Å²) < 4.78 is 0. The highest BCUT2D eigenvalue weighted by Crippen LogP contribution is 2.18. The third-order valence-electron chi connectivity index (χ3n) is 4.12. The van der Waals surface area contributed by atoms with Gasteiger partial charge in [0.1, 0.15) is 0 Å². The fraction of sp³-hybridized carbons (Fsp3) is 1.00. The van der Waals surface area contributed by atoms with E-state index in [2.05, 4.69) is 19.2 Å². The molecule has 17 heavy (non-hydrogen) atoms. The summed E-state index contributed by atoms with van der Waals surface area (Å²) in [6.45, 7) is 4.61. The molecule has 1 saturated heterocycles. The van der Waals surface area contributed by atoms with E-state index in [1.54, 1.807) is 0 Å². The van der Waals surface area contributed by atoms with Gasteiger partial charge in [-0.15, -0.1) is 0 Å². The van der Waals surface area contributed by atoms with E-state index in [9.17, 15) is 0 Å². The van der Waals surface area contributed by atoms with E-state index >= 15 is 0 Å². The summed E-state index contributed by atoms with van der Waals surface area (Å²) in [7, 11) is 0. The van der Waals surface area contributed by atoms with Gasteiger partial charge in [-0.25, -0.2) is 0 Å². The lowest BCUT2D eigenvalue weighted by Crippen LogP contribution is -2.26. The lowest BCUT2D eigenvalue weighted by atomic mass is 10.0. The second kappa shape index (κ2) is 9.94. The predicted octanol–water partition coefficient (Wildman–Crippen LogP) is 5.05. The van der Waals surface area contributed by atoms with E-state index in [1.807, 2.05) is 0 Å². The minimum absolute atomic E-state index is 0.776. The zero-order valence-corrected chi connectivity index (χ0v) is 12.1. The van der Waals surface area contributed by atoms with Crippen molar-refractivity contribution in [3.05, 3.63) is 0 Å². The Morgan fingerprint density at radius 3 is 1.94 bits per heavy atom. The van der Waals surface area contributed by atoms with Crippen molar-refractivity contribution in [3.63, 3.8) is 0 Å². The molecule has 1 aliphatic rings. The highest BCUT2D eigenvalue weighted by molar-refractivity contribution is 4.80. The normalized spacial score (nSPS) is 24.4. The summed E-state index contributed by atoms with van der Waals surface area (Å²) in [4.78, 5) is 0. The van der Waals surface area contributed by atoms with Crippen molar-refractivity contribution < 1.29 is 0 Å². The average Bonchev–Trinajstić information content (AvgIpc) is 2.73. The van der Waals surface area contributed by atoms with Gasteiger partial charge in [0.05, 0.1) is 0 Å². The van der Waals surface area contributed by atoms with E-state index in [4.69, 9.17) is 0 Å². The van der Waals surface area contributed by atoms with E-state index < -0.39 is 0 Å². The highest BCUT2D eigenvalue weighted by atomic mass is 15.0. The van der Waals surface area contributed by atoms with Crippen LogP contribution in [0.1, 0.15) is 90.9 Å². The highest BCUT2D eigenvalue weighted by Gasteiger charge is 2.18. The van der Waals surface area contributed by atoms with Crippen LogP contribution in [-0.2, 0) is 0 Å². The first-order chi connectivity index (χ1) is 8.33. The Hall–Kier alpha value is -0.0400. The van der Waals surface area contributed by atoms with Crippen LogP contribution in [0.25, 0.3) is 0 Å². The maximum atomic E-state index is 3.68. The Morgan fingerprint density at radius 1 is 0.824 bits per heavy atom. The maximum absolute atomic E-state index is 3.68. The molecule has 0 bridgehead atoms. The van der Waals surface area contributed by atoms with Crippen molar-refractivity contribution in [3.8, 4) is 0 Å². The molecule has 1 rings (SSSR count). The number of nitrogens with one attached hydrogen (secondary N) is 1. The van der Waals surface area contributed by atoms with E-state index in [-0.39, 0.29) is 0 Å². The topological polar surface area (TPSA) is 12.0 Å². The summed E-state index contributed by atoms with van der Waals surface area (Å²) in [6.07, 6.45) is 17.3. The number of hydrogen-bond donors (Lipinski definition) is 1. The Labute approximate surface area is 109 Å². The minimum Gasteiger partial charge on any atom is -0.312 e. The second-order valence-corrected chi connectivity index (χ2v) is 5.96. The van der Waals surface area contributed by atoms with Crippen LogP contribution >= 0.6 is 0 Å². The van der Waals surface area contributed by atoms with Crippen molar-refractivity contribution >= 4 is 0 Å². The van der Waals surface area contributed by atoms with Gasteiger partial charge in [-0.3, -0.25) is 0 Å². The smallest absolute Gasteiger partial charge is 0.00701 e. The molecule has 1 nitrogen and oxygen atoms in total. The number of unbranched alkanes of at least 4 members (excludes halogenated alkanes) is 8. The van der Waals surface area contributed by atoms with Gasteiger partial charge in [0, 0.05) is 12.1 Å². The Bertz CT molecular complexity index is 167. The van der Waals surface area contributed by atoms with Gasteiger partial charge in [0.15, 0.2) is 0 Å². The number of rotatable bonds is 10. The Kier molecular flexibility index (Phi) is 8.78. The molecule has 0 radical (unpaired) electrons. The monoisotopic (exact) mass is 239 g/mol. The van der Waals surface area contributed by atoms with Gasteiger partial charge in [-0.05, 0) is 26.2 Å². The largest absolute Gasteiger partial charge is 0.312 e. The van der Waals surface area contributed by atoms with Crippen LogP contribution in [0, 0.1) is 0 Å². The van der Waals surface area contributed by atoms with Gasteiger partial charge in [0.25, 0.3) is 0 Å². The van der Waals surface area contributed by atoms with Gasteiger partial charge in [-0.1, -0.05) is 64.7 Å². The molecule has 2 atom stereocenters. The maximum Gasteiger partial charge on any atom is 0.00701 e. The zero-order valence-electron chi connectivity index (χ0n) is 12.1. The van der Waals surface area contributed by atoms with Crippen LogP contribution in [0.4, 0.5) is 0 Å².